The van der Waals surface area contributed by atoms with Crippen molar-refractivity contribution in [3.8, 4) is 0 Å². The smallest absolute Gasteiger partial charge is 0.254 e. The van der Waals surface area contributed by atoms with Gasteiger partial charge in [-0.15, -0.1) is 0 Å². The quantitative estimate of drug-likeness (QED) is 0.690. The molecule has 1 aliphatic heterocycles. The fourth-order valence-corrected chi connectivity index (χ4v) is 3.90. The summed E-state index contributed by atoms with van der Waals surface area (Å²) in [7, 11) is 3.89. The van der Waals surface area contributed by atoms with Crippen LogP contribution < -0.4 is 0 Å². The van der Waals surface area contributed by atoms with Gasteiger partial charge in [-0.25, -0.2) is 0 Å². The second-order valence-electron chi connectivity index (χ2n) is 8.33. The maximum atomic E-state index is 12.9. The topological polar surface area (TPSA) is 53.0 Å². The first kappa shape index (κ1) is 22.5. The van der Waals surface area contributed by atoms with Crippen LogP contribution in [0.4, 0.5) is 0 Å². The third kappa shape index (κ3) is 6.66. The molecule has 30 heavy (non-hydrogen) atoms. The monoisotopic (exact) mass is 410 g/mol. The summed E-state index contributed by atoms with van der Waals surface area (Å²) in [5, 5.41) is 10.4. The van der Waals surface area contributed by atoms with Gasteiger partial charge in [0.25, 0.3) is 5.91 Å². The summed E-state index contributed by atoms with van der Waals surface area (Å²) in [6, 6.07) is 20.4. The van der Waals surface area contributed by atoms with Crippen LogP contribution in [-0.2, 0) is 22.5 Å². The second kappa shape index (κ2) is 11.3. The van der Waals surface area contributed by atoms with Crippen molar-refractivity contribution in [1.29, 1.82) is 0 Å². The number of carbonyl (C=O) groups is 1. The van der Waals surface area contributed by atoms with E-state index in [9.17, 15) is 9.90 Å². The Kier molecular flexibility index (Phi) is 8.43. The van der Waals surface area contributed by atoms with Crippen molar-refractivity contribution in [3.05, 3.63) is 71.8 Å². The molecule has 5 heteroatoms. The predicted octanol–water partition coefficient (Wildman–Crippen LogP) is 3.12. The first-order valence-electron chi connectivity index (χ1n) is 10.9. The van der Waals surface area contributed by atoms with Gasteiger partial charge in [-0.05, 0) is 43.9 Å². The van der Waals surface area contributed by atoms with Gasteiger partial charge in [-0.3, -0.25) is 4.79 Å². The lowest BCUT2D eigenvalue weighted by Gasteiger charge is -2.35. The van der Waals surface area contributed by atoms with Crippen molar-refractivity contribution in [1.82, 2.24) is 9.80 Å². The van der Waals surface area contributed by atoms with Crippen LogP contribution in [0.5, 0.6) is 0 Å². The first-order chi connectivity index (χ1) is 14.5. The zero-order valence-corrected chi connectivity index (χ0v) is 18.1. The number of benzene rings is 2. The molecule has 0 radical (unpaired) electrons. The molecule has 1 fully saturated rings. The van der Waals surface area contributed by atoms with Gasteiger partial charge < -0.3 is 19.6 Å². The Hall–Kier alpha value is -2.21. The number of amides is 1. The van der Waals surface area contributed by atoms with E-state index in [4.69, 9.17) is 4.74 Å². The van der Waals surface area contributed by atoms with Crippen LogP contribution in [0.1, 0.15) is 30.4 Å². The third-order valence-corrected chi connectivity index (χ3v) is 5.81. The molecule has 0 spiro atoms. The molecule has 5 nitrogen and oxygen atoms in total. The Morgan fingerprint density at radius 3 is 2.27 bits per heavy atom. The molecule has 2 aromatic carbocycles. The maximum Gasteiger partial charge on any atom is 0.254 e. The molecule has 0 unspecified atom stereocenters. The minimum Gasteiger partial charge on any atom is -0.390 e. The van der Waals surface area contributed by atoms with Crippen molar-refractivity contribution < 1.29 is 14.6 Å². The third-order valence-electron chi connectivity index (χ3n) is 5.81. The molecule has 1 N–H and O–H groups in total. The Morgan fingerprint density at radius 1 is 0.967 bits per heavy atom. The second-order valence-corrected chi connectivity index (χ2v) is 8.33. The predicted molar refractivity (Wildman–Crippen MR) is 119 cm³/mol. The highest BCUT2D eigenvalue weighted by Gasteiger charge is 2.36. The molecule has 3 rings (SSSR count). The van der Waals surface area contributed by atoms with E-state index in [0.717, 1.165) is 37.9 Å². The molecule has 0 aromatic heterocycles. The minimum atomic E-state index is -0.771. The van der Waals surface area contributed by atoms with Gasteiger partial charge in [0.2, 0.25) is 0 Å². The van der Waals surface area contributed by atoms with Gasteiger partial charge in [-0.1, -0.05) is 60.7 Å². The molecule has 0 aliphatic carbocycles. The number of ether oxygens (including phenoxy) is 1. The summed E-state index contributed by atoms with van der Waals surface area (Å²) in [5.74, 6) is -0.145. The number of rotatable bonds is 9. The number of aliphatic hydroxyl groups excluding tert-OH is 1. The van der Waals surface area contributed by atoms with Crippen LogP contribution in [0.15, 0.2) is 60.7 Å². The van der Waals surface area contributed by atoms with Crippen LogP contribution in [0, 0.1) is 0 Å². The van der Waals surface area contributed by atoms with Crippen LogP contribution in [0.25, 0.3) is 0 Å². The van der Waals surface area contributed by atoms with Gasteiger partial charge in [0.1, 0.15) is 0 Å². The average molecular weight is 411 g/mol. The van der Waals surface area contributed by atoms with Gasteiger partial charge in [0.15, 0.2) is 6.10 Å². The number of hydrogen-bond acceptors (Lipinski definition) is 4. The molecule has 1 heterocycles. The Morgan fingerprint density at radius 2 is 1.60 bits per heavy atom. The van der Waals surface area contributed by atoms with E-state index >= 15 is 0 Å². The molecule has 2 aromatic rings. The summed E-state index contributed by atoms with van der Waals surface area (Å²) in [6.07, 6.45) is 1.78. The van der Waals surface area contributed by atoms with E-state index in [-0.39, 0.29) is 12.0 Å². The van der Waals surface area contributed by atoms with Crippen LogP contribution in [-0.4, -0.2) is 66.3 Å². The van der Waals surface area contributed by atoms with E-state index in [1.165, 1.54) is 5.56 Å². The molecular formula is C25H34N2O3. The van der Waals surface area contributed by atoms with Gasteiger partial charge in [0.05, 0.1) is 12.2 Å². The van der Waals surface area contributed by atoms with Crippen LogP contribution >= 0.6 is 0 Å². The Bertz CT molecular complexity index is 768. The van der Waals surface area contributed by atoms with Crippen molar-refractivity contribution >= 4 is 5.91 Å². The Balaban J connectivity index is 1.45. The molecular weight excluding hydrogens is 376 g/mol. The van der Waals surface area contributed by atoms with Crippen molar-refractivity contribution in [2.75, 3.05) is 27.2 Å². The number of nitrogens with zero attached hydrogens (tertiary/aromatic N) is 2. The van der Waals surface area contributed by atoms with Crippen molar-refractivity contribution in [3.63, 3.8) is 0 Å². The number of carbonyl (C=O) groups excluding carboxylic acids is 1. The summed E-state index contributed by atoms with van der Waals surface area (Å²) < 4.78 is 6.06. The zero-order chi connectivity index (χ0) is 21.3. The lowest BCUT2D eigenvalue weighted by Crippen LogP contribution is -2.49. The summed E-state index contributed by atoms with van der Waals surface area (Å²) in [6.45, 7) is 2.41. The zero-order valence-electron chi connectivity index (χ0n) is 18.1. The molecule has 0 saturated carbocycles. The molecule has 1 amide bonds. The van der Waals surface area contributed by atoms with E-state index in [2.05, 4.69) is 36.2 Å². The van der Waals surface area contributed by atoms with E-state index in [0.29, 0.717) is 13.0 Å². The van der Waals surface area contributed by atoms with Gasteiger partial charge in [0, 0.05) is 26.7 Å². The van der Waals surface area contributed by atoms with Gasteiger partial charge >= 0.3 is 0 Å². The van der Waals surface area contributed by atoms with E-state index in [1.54, 1.807) is 11.9 Å². The maximum absolute atomic E-state index is 12.9. The minimum absolute atomic E-state index is 0.00616. The van der Waals surface area contributed by atoms with Crippen LogP contribution in [0.2, 0.25) is 0 Å². The molecule has 162 valence electrons. The average Bonchev–Trinajstić information content (AvgIpc) is 2.78. The molecule has 1 aliphatic rings. The fraction of sp³-hybridized carbons (Fsp3) is 0.480. The van der Waals surface area contributed by atoms with E-state index in [1.807, 2.05) is 36.4 Å². The first-order valence-corrected chi connectivity index (χ1v) is 10.9. The van der Waals surface area contributed by atoms with E-state index < -0.39 is 12.2 Å². The van der Waals surface area contributed by atoms with Crippen LogP contribution in [0.3, 0.4) is 0 Å². The highest BCUT2D eigenvalue weighted by molar-refractivity contribution is 5.81. The number of aliphatic hydroxyl groups is 1. The highest BCUT2D eigenvalue weighted by atomic mass is 16.5. The fourth-order valence-electron chi connectivity index (χ4n) is 3.90. The summed E-state index contributed by atoms with van der Waals surface area (Å²) in [5.41, 5.74) is 2.41. The van der Waals surface area contributed by atoms with Crippen molar-refractivity contribution in [2.45, 2.75) is 50.5 Å². The largest absolute Gasteiger partial charge is 0.390 e. The lowest BCUT2D eigenvalue weighted by atomic mass is 9.98. The lowest BCUT2D eigenvalue weighted by molar-refractivity contribution is -0.167. The summed E-state index contributed by atoms with van der Waals surface area (Å²) in [4.78, 5) is 16.8. The Labute approximate surface area is 180 Å². The van der Waals surface area contributed by atoms with Crippen molar-refractivity contribution in [2.24, 2.45) is 0 Å². The normalized spacial score (nSPS) is 21.5. The SMILES string of the molecule is CN(CCc1ccccc1)CC[C@@H]1CC[C@H](O)[C@@H](C(=O)N(C)Cc2ccccc2)O1. The standard InChI is InChI=1S/C25H34N2O3/c1-26(17-15-20-9-5-3-6-10-20)18-16-22-13-14-23(28)24(30-22)25(29)27(2)19-21-11-7-4-8-12-21/h3-12,22-24,28H,13-19H2,1-2H3/t22-,23-,24-/m0/s1. The molecule has 0 bridgehead atoms. The highest BCUT2D eigenvalue weighted by Crippen LogP contribution is 2.24. The number of hydrogen-bond donors (Lipinski definition) is 1. The molecule has 1 saturated heterocycles. The molecule has 3 atom stereocenters. The van der Waals surface area contributed by atoms with Gasteiger partial charge in [-0.2, -0.15) is 0 Å². The summed E-state index contributed by atoms with van der Waals surface area (Å²) >= 11 is 0. The number of likely N-dealkylation sites (N-methyl/N-ethyl adjacent to an activating group) is 2.